The van der Waals surface area contributed by atoms with Gasteiger partial charge >= 0.3 is 0 Å². The van der Waals surface area contributed by atoms with Crippen molar-refractivity contribution >= 4 is 11.8 Å². The molecule has 0 atom stereocenters. The fraction of sp³-hybridized carbons (Fsp3) is 0.556. The third-order valence-corrected chi connectivity index (χ3v) is 4.19. The maximum absolute atomic E-state index is 12.2. The number of hydrogen-bond acceptors (Lipinski definition) is 4. The number of carbonyl (C=O) groups excluding carboxylic acids is 2. The Morgan fingerprint density at radius 1 is 1.17 bits per heavy atom. The molecule has 1 heterocycles. The van der Waals surface area contributed by atoms with E-state index in [4.69, 9.17) is 9.47 Å². The number of amides is 2. The van der Waals surface area contributed by atoms with Gasteiger partial charge < -0.3 is 19.7 Å². The van der Waals surface area contributed by atoms with Crippen molar-refractivity contribution in [1.82, 2.24) is 10.2 Å². The van der Waals surface area contributed by atoms with Crippen LogP contribution in [0, 0.1) is 5.92 Å². The number of methoxy groups -OCH3 is 1. The highest BCUT2D eigenvalue weighted by molar-refractivity contribution is 5.80. The normalized spacial score (nSPS) is 15.0. The molecule has 1 aromatic carbocycles. The van der Waals surface area contributed by atoms with Crippen LogP contribution in [0.2, 0.25) is 0 Å². The lowest BCUT2D eigenvalue weighted by atomic mass is 9.96. The summed E-state index contributed by atoms with van der Waals surface area (Å²) in [6.45, 7) is 3.97. The van der Waals surface area contributed by atoms with Gasteiger partial charge in [0.05, 0.1) is 7.11 Å². The van der Waals surface area contributed by atoms with Crippen LogP contribution < -0.4 is 14.8 Å². The number of carbonyl (C=O) groups is 2. The van der Waals surface area contributed by atoms with Crippen molar-refractivity contribution in [3.8, 4) is 11.5 Å². The predicted octanol–water partition coefficient (Wildman–Crippen LogP) is 1.84. The first-order valence-electron chi connectivity index (χ1n) is 8.46. The fourth-order valence-electron chi connectivity index (χ4n) is 2.69. The van der Waals surface area contributed by atoms with Crippen LogP contribution in [0.1, 0.15) is 26.2 Å². The van der Waals surface area contributed by atoms with Crippen LogP contribution in [0.25, 0.3) is 0 Å². The number of rotatable bonds is 7. The quantitative estimate of drug-likeness (QED) is 0.826. The molecule has 0 aromatic heterocycles. The van der Waals surface area contributed by atoms with Crippen molar-refractivity contribution in [1.29, 1.82) is 0 Å². The van der Waals surface area contributed by atoms with Crippen molar-refractivity contribution in [2.24, 2.45) is 5.92 Å². The van der Waals surface area contributed by atoms with Gasteiger partial charge in [-0.1, -0.05) is 6.92 Å². The van der Waals surface area contributed by atoms with Crippen molar-refractivity contribution in [3.05, 3.63) is 24.3 Å². The first-order valence-corrected chi connectivity index (χ1v) is 8.46. The Morgan fingerprint density at radius 2 is 1.79 bits per heavy atom. The molecular formula is C18H26N2O4. The molecule has 1 saturated heterocycles. The molecule has 0 unspecified atom stereocenters. The van der Waals surface area contributed by atoms with Crippen LogP contribution in [-0.4, -0.2) is 50.1 Å². The predicted molar refractivity (Wildman–Crippen MR) is 91.1 cm³/mol. The Labute approximate surface area is 143 Å². The van der Waals surface area contributed by atoms with Crippen LogP contribution in [0.3, 0.4) is 0 Å². The minimum atomic E-state index is -0.0433. The second-order valence-corrected chi connectivity index (χ2v) is 5.91. The highest BCUT2D eigenvalue weighted by Gasteiger charge is 2.27. The summed E-state index contributed by atoms with van der Waals surface area (Å²) >= 11 is 0. The number of nitrogens with one attached hydrogen (secondary N) is 1. The van der Waals surface area contributed by atoms with E-state index in [0.29, 0.717) is 38.2 Å². The zero-order chi connectivity index (χ0) is 17.4. The van der Waals surface area contributed by atoms with Gasteiger partial charge in [-0.15, -0.1) is 0 Å². The third kappa shape index (κ3) is 5.15. The Morgan fingerprint density at radius 3 is 2.38 bits per heavy atom. The minimum Gasteiger partial charge on any atom is -0.497 e. The Balaban J connectivity index is 1.73. The Kier molecular flexibility index (Phi) is 6.90. The van der Waals surface area contributed by atoms with E-state index in [1.165, 1.54) is 0 Å². The number of hydrogen-bond donors (Lipinski definition) is 1. The molecular weight excluding hydrogens is 308 g/mol. The van der Waals surface area contributed by atoms with E-state index in [-0.39, 0.29) is 24.3 Å². The molecule has 0 aliphatic carbocycles. The van der Waals surface area contributed by atoms with Gasteiger partial charge in [0, 0.05) is 25.6 Å². The van der Waals surface area contributed by atoms with Gasteiger partial charge in [0.25, 0.3) is 5.91 Å². The SMILES string of the molecule is CCCNC(=O)C1CCN(C(=O)COc2ccc(OC)cc2)CC1. The molecule has 1 fully saturated rings. The number of nitrogens with zero attached hydrogens (tertiary/aromatic N) is 1. The number of benzene rings is 1. The summed E-state index contributed by atoms with van der Waals surface area (Å²) in [5.74, 6) is 1.47. The number of ether oxygens (including phenoxy) is 2. The first kappa shape index (κ1) is 18.1. The van der Waals surface area contributed by atoms with E-state index in [2.05, 4.69) is 5.32 Å². The van der Waals surface area contributed by atoms with Crippen LogP contribution in [0.15, 0.2) is 24.3 Å². The van der Waals surface area contributed by atoms with Gasteiger partial charge in [0.2, 0.25) is 5.91 Å². The average molecular weight is 334 g/mol. The standard InChI is InChI=1S/C18H26N2O4/c1-3-10-19-18(22)14-8-11-20(12-9-14)17(21)13-24-16-6-4-15(23-2)5-7-16/h4-7,14H,3,8-13H2,1-2H3,(H,19,22). The van der Waals surface area contributed by atoms with Crippen LogP contribution in [0.5, 0.6) is 11.5 Å². The summed E-state index contributed by atoms with van der Waals surface area (Å²) in [4.78, 5) is 25.9. The molecule has 6 nitrogen and oxygen atoms in total. The molecule has 2 rings (SSSR count). The van der Waals surface area contributed by atoms with Gasteiger partial charge in [-0.3, -0.25) is 9.59 Å². The van der Waals surface area contributed by atoms with E-state index in [1.807, 2.05) is 6.92 Å². The van der Waals surface area contributed by atoms with Gasteiger partial charge in [0.1, 0.15) is 11.5 Å². The van der Waals surface area contributed by atoms with Crippen LogP contribution >= 0.6 is 0 Å². The van der Waals surface area contributed by atoms with E-state index in [0.717, 1.165) is 12.2 Å². The average Bonchev–Trinajstić information content (AvgIpc) is 2.64. The van der Waals surface area contributed by atoms with E-state index < -0.39 is 0 Å². The molecule has 132 valence electrons. The van der Waals surface area contributed by atoms with Crippen molar-refractivity contribution < 1.29 is 19.1 Å². The first-order chi connectivity index (χ1) is 11.6. The molecule has 0 saturated carbocycles. The topological polar surface area (TPSA) is 67.9 Å². The molecule has 0 radical (unpaired) electrons. The fourth-order valence-corrected chi connectivity index (χ4v) is 2.69. The van der Waals surface area contributed by atoms with Crippen molar-refractivity contribution in [2.45, 2.75) is 26.2 Å². The summed E-state index contributed by atoms with van der Waals surface area (Å²) < 4.78 is 10.6. The molecule has 2 amide bonds. The highest BCUT2D eigenvalue weighted by atomic mass is 16.5. The van der Waals surface area contributed by atoms with E-state index in [9.17, 15) is 9.59 Å². The lowest BCUT2D eigenvalue weighted by molar-refractivity contribution is -0.137. The number of likely N-dealkylation sites (tertiary alicyclic amines) is 1. The molecule has 0 spiro atoms. The molecule has 24 heavy (non-hydrogen) atoms. The van der Waals surface area contributed by atoms with Crippen LogP contribution in [-0.2, 0) is 9.59 Å². The summed E-state index contributed by atoms with van der Waals surface area (Å²) in [6, 6.07) is 7.13. The Hall–Kier alpha value is -2.24. The second kappa shape index (κ2) is 9.15. The summed E-state index contributed by atoms with van der Waals surface area (Å²) in [6.07, 6.45) is 2.36. The number of piperidine rings is 1. The Bertz CT molecular complexity index is 536. The molecule has 1 aliphatic rings. The maximum Gasteiger partial charge on any atom is 0.260 e. The van der Waals surface area contributed by atoms with E-state index >= 15 is 0 Å². The van der Waals surface area contributed by atoms with Gasteiger partial charge in [-0.2, -0.15) is 0 Å². The monoisotopic (exact) mass is 334 g/mol. The summed E-state index contributed by atoms with van der Waals surface area (Å²) in [5.41, 5.74) is 0. The zero-order valence-corrected chi connectivity index (χ0v) is 14.4. The smallest absolute Gasteiger partial charge is 0.260 e. The van der Waals surface area contributed by atoms with Gasteiger partial charge in [-0.05, 0) is 43.5 Å². The van der Waals surface area contributed by atoms with Crippen molar-refractivity contribution in [3.63, 3.8) is 0 Å². The molecule has 1 aromatic rings. The molecule has 1 N–H and O–H groups in total. The molecule has 6 heteroatoms. The largest absolute Gasteiger partial charge is 0.497 e. The minimum absolute atomic E-state index is 0.0129. The van der Waals surface area contributed by atoms with Gasteiger partial charge in [-0.25, -0.2) is 0 Å². The molecule has 1 aliphatic heterocycles. The maximum atomic E-state index is 12.2. The van der Waals surface area contributed by atoms with Crippen molar-refractivity contribution in [2.75, 3.05) is 33.4 Å². The summed E-state index contributed by atoms with van der Waals surface area (Å²) in [7, 11) is 1.60. The lowest BCUT2D eigenvalue weighted by Crippen LogP contribution is -2.44. The zero-order valence-electron chi connectivity index (χ0n) is 14.4. The lowest BCUT2D eigenvalue weighted by Gasteiger charge is -2.31. The molecule has 0 bridgehead atoms. The highest BCUT2D eigenvalue weighted by Crippen LogP contribution is 2.19. The summed E-state index contributed by atoms with van der Waals surface area (Å²) in [5, 5.41) is 2.92. The van der Waals surface area contributed by atoms with Crippen LogP contribution in [0.4, 0.5) is 0 Å². The van der Waals surface area contributed by atoms with E-state index in [1.54, 1.807) is 36.3 Å². The van der Waals surface area contributed by atoms with Gasteiger partial charge in [0.15, 0.2) is 6.61 Å². The second-order valence-electron chi connectivity index (χ2n) is 5.91. The third-order valence-electron chi connectivity index (χ3n) is 4.19.